The van der Waals surface area contributed by atoms with Crippen LogP contribution in [0.1, 0.15) is 18.4 Å². The highest BCUT2D eigenvalue weighted by molar-refractivity contribution is 5.74. The first-order chi connectivity index (χ1) is 6.84. The molecular weight excluding hydrogens is 172 g/mol. The Morgan fingerprint density at radius 2 is 2.14 bits per heavy atom. The van der Waals surface area contributed by atoms with E-state index in [2.05, 4.69) is 35.8 Å². The van der Waals surface area contributed by atoms with E-state index in [4.69, 9.17) is 0 Å². The smallest absolute Gasteiger partial charge is 0.0606 e. The summed E-state index contributed by atoms with van der Waals surface area (Å²) in [5.41, 5.74) is 3.92. The lowest BCUT2D eigenvalue weighted by Gasteiger charge is -2.29. The van der Waals surface area contributed by atoms with Crippen LogP contribution in [0.2, 0.25) is 0 Å². The van der Waals surface area contributed by atoms with Gasteiger partial charge >= 0.3 is 0 Å². The number of fused-ring (bicyclic) bond motifs is 1. The van der Waals surface area contributed by atoms with Crippen molar-refractivity contribution in [2.24, 2.45) is 5.92 Å². The highest BCUT2D eigenvalue weighted by Gasteiger charge is 2.33. The molecule has 1 unspecified atom stereocenters. The molecule has 0 saturated heterocycles. The number of aryl methyl sites for hydroxylation is 1. The molecule has 1 fully saturated rings. The van der Waals surface area contributed by atoms with E-state index < -0.39 is 0 Å². The minimum atomic E-state index is 0.657. The van der Waals surface area contributed by atoms with Gasteiger partial charge in [0.05, 0.1) is 11.4 Å². The number of hydrogen-bond donors (Lipinski definition) is 2. The number of hydrogen-bond acceptors (Lipinski definition) is 2. The zero-order chi connectivity index (χ0) is 9.54. The molecule has 3 rings (SSSR count). The fourth-order valence-electron chi connectivity index (χ4n) is 2.27. The van der Waals surface area contributed by atoms with Crippen LogP contribution in [0.15, 0.2) is 18.2 Å². The predicted octanol–water partition coefficient (Wildman–Crippen LogP) is 2.61. The Kier molecular flexibility index (Phi) is 1.69. The van der Waals surface area contributed by atoms with E-state index in [0.29, 0.717) is 6.04 Å². The van der Waals surface area contributed by atoms with E-state index >= 15 is 0 Å². The Balaban J connectivity index is 1.90. The van der Waals surface area contributed by atoms with Gasteiger partial charge in [-0.05, 0) is 37.3 Å². The van der Waals surface area contributed by atoms with Crippen LogP contribution in [0.4, 0.5) is 11.4 Å². The van der Waals surface area contributed by atoms with Gasteiger partial charge in [0.15, 0.2) is 0 Å². The second-order valence-electron chi connectivity index (χ2n) is 4.47. The van der Waals surface area contributed by atoms with Gasteiger partial charge in [0, 0.05) is 12.6 Å². The molecule has 14 heavy (non-hydrogen) atoms. The summed E-state index contributed by atoms with van der Waals surface area (Å²) in [5, 5.41) is 7.18. The highest BCUT2D eigenvalue weighted by atomic mass is 15.1. The predicted molar refractivity (Wildman–Crippen MR) is 59.8 cm³/mol. The summed E-state index contributed by atoms with van der Waals surface area (Å²) in [6, 6.07) is 7.11. The van der Waals surface area contributed by atoms with Crippen LogP contribution in [-0.2, 0) is 0 Å². The summed E-state index contributed by atoms with van der Waals surface area (Å²) in [6.07, 6.45) is 2.81. The van der Waals surface area contributed by atoms with Crippen LogP contribution < -0.4 is 10.6 Å². The van der Waals surface area contributed by atoms with Crippen molar-refractivity contribution >= 4 is 11.4 Å². The third kappa shape index (κ3) is 1.26. The van der Waals surface area contributed by atoms with Crippen molar-refractivity contribution in [3.63, 3.8) is 0 Å². The molecule has 1 aliphatic carbocycles. The van der Waals surface area contributed by atoms with Crippen LogP contribution >= 0.6 is 0 Å². The molecule has 0 radical (unpaired) electrons. The van der Waals surface area contributed by atoms with Crippen molar-refractivity contribution in [1.29, 1.82) is 0 Å². The highest BCUT2D eigenvalue weighted by Crippen LogP contribution is 2.38. The third-order valence-electron chi connectivity index (χ3n) is 3.30. The Labute approximate surface area is 84.7 Å². The number of para-hydroxylation sites is 1. The maximum absolute atomic E-state index is 3.64. The van der Waals surface area contributed by atoms with E-state index in [9.17, 15) is 0 Å². The second-order valence-corrected chi connectivity index (χ2v) is 4.47. The average Bonchev–Trinajstić information content (AvgIpc) is 3.01. The van der Waals surface area contributed by atoms with Gasteiger partial charge in [0.25, 0.3) is 0 Å². The molecule has 0 amide bonds. The van der Waals surface area contributed by atoms with Crippen LogP contribution in [0, 0.1) is 12.8 Å². The summed E-state index contributed by atoms with van der Waals surface area (Å²) < 4.78 is 0. The van der Waals surface area contributed by atoms with Crippen molar-refractivity contribution in [2.45, 2.75) is 25.8 Å². The number of anilines is 2. The molecule has 1 atom stereocenters. The quantitative estimate of drug-likeness (QED) is 0.708. The van der Waals surface area contributed by atoms with Gasteiger partial charge in [-0.2, -0.15) is 0 Å². The van der Waals surface area contributed by atoms with Gasteiger partial charge in [-0.1, -0.05) is 12.1 Å². The molecule has 0 spiro atoms. The molecule has 74 valence electrons. The van der Waals surface area contributed by atoms with Gasteiger partial charge in [-0.25, -0.2) is 0 Å². The van der Waals surface area contributed by atoms with Gasteiger partial charge < -0.3 is 10.6 Å². The molecule has 1 aromatic carbocycles. The van der Waals surface area contributed by atoms with Crippen molar-refractivity contribution in [1.82, 2.24) is 0 Å². The van der Waals surface area contributed by atoms with E-state index in [1.807, 2.05) is 0 Å². The molecule has 2 nitrogen and oxygen atoms in total. The van der Waals surface area contributed by atoms with Crippen molar-refractivity contribution in [3.8, 4) is 0 Å². The molecule has 2 heteroatoms. The summed E-state index contributed by atoms with van der Waals surface area (Å²) >= 11 is 0. The summed E-state index contributed by atoms with van der Waals surface area (Å²) in [4.78, 5) is 0. The lowest BCUT2D eigenvalue weighted by molar-refractivity contribution is 0.653. The molecule has 2 aliphatic rings. The zero-order valence-corrected chi connectivity index (χ0v) is 8.51. The number of nitrogens with one attached hydrogen (secondary N) is 2. The van der Waals surface area contributed by atoms with E-state index in [1.54, 1.807) is 0 Å². The van der Waals surface area contributed by atoms with Crippen molar-refractivity contribution in [3.05, 3.63) is 23.8 Å². The maximum Gasteiger partial charge on any atom is 0.0606 e. The summed E-state index contributed by atoms with van der Waals surface area (Å²) in [6.45, 7) is 3.24. The Hall–Kier alpha value is -1.18. The second kappa shape index (κ2) is 2.91. The summed E-state index contributed by atoms with van der Waals surface area (Å²) in [7, 11) is 0. The van der Waals surface area contributed by atoms with E-state index in [-0.39, 0.29) is 0 Å². The number of benzene rings is 1. The van der Waals surface area contributed by atoms with Crippen LogP contribution in [0.25, 0.3) is 0 Å². The molecule has 2 N–H and O–H groups in total. The largest absolute Gasteiger partial charge is 0.381 e. The van der Waals surface area contributed by atoms with Gasteiger partial charge in [-0.15, -0.1) is 0 Å². The maximum atomic E-state index is 3.64. The third-order valence-corrected chi connectivity index (χ3v) is 3.30. The molecule has 0 aromatic heterocycles. The lowest BCUT2D eigenvalue weighted by atomic mass is 10.1. The fourth-order valence-corrected chi connectivity index (χ4v) is 2.27. The first kappa shape index (κ1) is 8.16. The fraction of sp³-hybridized carbons (Fsp3) is 0.500. The Bertz CT molecular complexity index is 355. The van der Waals surface area contributed by atoms with Crippen molar-refractivity contribution < 1.29 is 0 Å². The molecular formula is C12H16N2. The normalized spacial score (nSPS) is 24.8. The topological polar surface area (TPSA) is 24.1 Å². The Morgan fingerprint density at radius 3 is 2.93 bits per heavy atom. The van der Waals surface area contributed by atoms with Crippen LogP contribution in [0.5, 0.6) is 0 Å². The lowest BCUT2D eigenvalue weighted by Crippen LogP contribution is -2.34. The molecule has 0 bridgehead atoms. The molecule has 1 heterocycles. The Morgan fingerprint density at radius 1 is 1.29 bits per heavy atom. The van der Waals surface area contributed by atoms with E-state index in [0.717, 1.165) is 12.5 Å². The van der Waals surface area contributed by atoms with Crippen LogP contribution in [0.3, 0.4) is 0 Å². The van der Waals surface area contributed by atoms with Gasteiger partial charge in [0.1, 0.15) is 0 Å². The molecule has 1 aliphatic heterocycles. The minimum Gasteiger partial charge on any atom is -0.381 e. The van der Waals surface area contributed by atoms with Crippen molar-refractivity contribution in [2.75, 3.05) is 17.2 Å². The standard InChI is InChI=1S/C12H16N2/c1-8-3-2-4-10-12(8)13-7-11(14-10)9-5-6-9/h2-4,9,11,13-14H,5-7H2,1H3. The van der Waals surface area contributed by atoms with Gasteiger partial charge in [-0.3, -0.25) is 0 Å². The minimum absolute atomic E-state index is 0.657. The SMILES string of the molecule is Cc1cccc2c1NCC(C1CC1)N2. The first-order valence-electron chi connectivity index (χ1n) is 5.44. The summed E-state index contributed by atoms with van der Waals surface area (Å²) in [5.74, 6) is 0.913. The molecule has 1 aromatic rings. The van der Waals surface area contributed by atoms with Gasteiger partial charge in [0.2, 0.25) is 0 Å². The van der Waals surface area contributed by atoms with Crippen LogP contribution in [-0.4, -0.2) is 12.6 Å². The average molecular weight is 188 g/mol. The monoisotopic (exact) mass is 188 g/mol. The van der Waals surface area contributed by atoms with E-state index in [1.165, 1.54) is 29.8 Å². The number of rotatable bonds is 1. The molecule has 1 saturated carbocycles. The first-order valence-corrected chi connectivity index (χ1v) is 5.44. The zero-order valence-electron chi connectivity index (χ0n) is 8.51.